The second-order valence-electron chi connectivity index (χ2n) is 5.70. The molecule has 1 fully saturated rings. The Kier molecular flexibility index (Phi) is 5.56. The van der Waals surface area contributed by atoms with E-state index < -0.39 is 0 Å². The molecule has 1 aliphatic heterocycles. The van der Waals surface area contributed by atoms with Gasteiger partial charge in [-0.1, -0.05) is 6.07 Å². The Morgan fingerprint density at radius 3 is 2.76 bits per heavy atom. The molecular weight excluding hydrogens is 266 g/mol. The molecule has 0 unspecified atom stereocenters. The summed E-state index contributed by atoms with van der Waals surface area (Å²) in [5.74, 6) is 1.54. The van der Waals surface area contributed by atoms with Crippen LogP contribution in [0.15, 0.2) is 12.1 Å². The number of hydrogen-bond donors (Lipinski definition) is 1. The van der Waals surface area contributed by atoms with E-state index in [1.807, 2.05) is 17.9 Å². The second kappa shape index (κ2) is 7.41. The molecule has 1 aromatic heterocycles. The van der Waals surface area contributed by atoms with Crippen LogP contribution < -0.4 is 10.1 Å². The molecule has 0 atom stereocenters. The zero-order valence-corrected chi connectivity index (χ0v) is 13.2. The highest BCUT2D eigenvalue weighted by atomic mass is 16.5. The van der Waals surface area contributed by atoms with Gasteiger partial charge in [-0.2, -0.15) is 0 Å². The Balaban J connectivity index is 1.76. The van der Waals surface area contributed by atoms with Gasteiger partial charge in [-0.3, -0.25) is 4.79 Å². The number of ether oxygens (including phenoxy) is 1. The standard InChI is InChI=1S/C16H25N3O2/c1-12-4-5-15(16(18-12)21-3)11-17-10-14-6-8-19(9-7-14)13(2)20/h4-5,14,17H,6-11H2,1-3H3. The molecule has 0 saturated carbocycles. The number of methoxy groups -OCH3 is 1. The molecule has 0 bridgehead atoms. The minimum absolute atomic E-state index is 0.192. The molecule has 0 aromatic carbocycles. The lowest BCUT2D eigenvalue weighted by Crippen LogP contribution is -2.39. The first-order valence-corrected chi connectivity index (χ1v) is 7.57. The molecule has 1 aromatic rings. The molecule has 1 aliphatic rings. The number of rotatable bonds is 5. The summed E-state index contributed by atoms with van der Waals surface area (Å²) in [4.78, 5) is 17.6. The van der Waals surface area contributed by atoms with Crippen molar-refractivity contribution in [2.75, 3.05) is 26.7 Å². The van der Waals surface area contributed by atoms with Gasteiger partial charge in [-0.05, 0) is 38.3 Å². The predicted molar refractivity (Wildman–Crippen MR) is 82.2 cm³/mol. The number of nitrogens with zero attached hydrogens (tertiary/aromatic N) is 2. The zero-order valence-electron chi connectivity index (χ0n) is 13.2. The maximum Gasteiger partial charge on any atom is 0.219 e. The maximum atomic E-state index is 11.3. The van der Waals surface area contributed by atoms with E-state index in [4.69, 9.17) is 4.74 Å². The van der Waals surface area contributed by atoms with Crippen LogP contribution in [-0.2, 0) is 11.3 Å². The number of aryl methyl sites for hydroxylation is 1. The molecule has 116 valence electrons. The summed E-state index contributed by atoms with van der Waals surface area (Å²) in [6, 6.07) is 4.07. The lowest BCUT2D eigenvalue weighted by molar-refractivity contribution is -0.130. The van der Waals surface area contributed by atoms with Crippen molar-refractivity contribution in [1.82, 2.24) is 15.2 Å². The fourth-order valence-corrected chi connectivity index (χ4v) is 2.74. The SMILES string of the molecule is COc1nc(C)ccc1CNCC1CCN(C(C)=O)CC1. The minimum atomic E-state index is 0.192. The van der Waals surface area contributed by atoms with Crippen LogP contribution >= 0.6 is 0 Å². The van der Waals surface area contributed by atoms with E-state index in [9.17, 15) is 4.79 Å². The Labute approximate surface area is 126 Å². The van der Waals surface area contributed by atoms with Crippen LogP contribution in [0.3, 0.4) is 0 Å². The Morgan fingerprint density at radius 2 is 2.14 bits per heavy atom. The lowest BCUT2D eigenvalue weighted by atomic mass is 9.96. The third-order valence-electron chi connectivity index (χ3n) is 4.08. The molecular formula is C16H25N3O2. The number of hydrogen-bond acceptors (Lipinski definition) is 4. The Hall–Kier alpha value is -1.62. The Morgan fingerprint density at radius 1 is 1.43 bits per heavy atom. The van der Waals surface area contributed by atoms with Gasteiger partial charge in [0.05, 0.1) is 7.11 Å². The van der Waals surface area contributed by atoms with Crippen LogP contribution in [0.2, 0.25) is 0 Å². The largest absolute Gasteiger partial charge is 0.481 e. The molecule has 5 heteroatoms. The Bertz CT molecular complexity index is 482. The quantitative estimate of drug-likeness (QED) is 0.898. The molecule has 1 saturated heterocycles. The number of aromatic nitrogens is 1. The summed E-state index contributed by atoms with van der Waals surface area (Å²) in [5.41, 5.74) is 2.05. The third kappa shape index (κ3) is 4.43. The molecule has 1 amide bonds. The average Bonchev–Trinajstić information content (AvgIpc) is 2.49. The number of amides is 1. The molecule has 0 aliphatic carbocycles. The van der Waals surface area contributed by atoms with E-state index >= 15 is 0 Å². The van der Waals surface area contributed by atoms with Gasteiger partial charge in [-0.25, -0.2) is 4.98 Å². The van der Waals surface area contributed by atoms with Gasteiger partial charge >= 0.3 is 0 Å². The van der Waals surface area contributed by atoms with Gasteiger partial charge in [0, 0.05) is 37.8 Å². The number of nitrogens with one attached hydrogen (secondary N) is 1. The lowest BCUT2D eigenvalue weighted by Gasteiger charge is -2.31. The van der Waals surface area contributed by atoms with Crippen molar-refractivity contribution in [3.63, 3.8) is 0 Å². The van der Waals surface area contributed by atoms with Gasteiger partial charge in [0.25, 0.3) is 0 Å². The summed E-state index contributed by atoms with van der Waals surface area (Å²) < 4.78 is 5.31. The fraction of sp³-hybridized carbons (Fsp3) is 0.625. The predicted octanol–water partition coefficient (Wildman–Crippen LogP) is 1.75. The number of likely N-dealkylation sites (tertiary alicyclic amines) is 1. The normalized spacial score (nSPS) is 16.0. The molecule has 0 spiro atoms. The average molecular weight is 291 g/mol. The maximum absolute atomic E-state index is 11.3. The van der Waals surface area contributed by atoms with Gasteiger partial charge in [-0.15, -0.1) is 0 Å². The van der Waals surface area contributed by atoms with Gasteiger partial charge in [0.15, 0.2) is 0 Å². The monoisotopic (exact) mass is 291 g/mol. The van der Waals surface area contributed by atoms with Crippen molar-refractivity contribution in [1.29, 1.82) is 0 Å². The first kappa shape index (κ1) is 15.8. The number of carbonyl (C=O) groups is 1. The van der Waals surface area contributed by atoms with Crippen molar-refractivity contribution < 1.29 is 9.53 Å². The molecule has 1 N–H and O–H groups in total. The first-order chi connectivity index (χ1) is 10.1. The van der Waals surface area contributed by atoms with E-state index in [0.717, 1.165) is 50.3 Å². The number of pyridine rings is 1. The smallest absolute Gasteiger partial charge is 0.219 e. The molecule has 0 radical (unpaired) electrons. The van der Waals surface area contributed by atoms with Crippen molar-refractivity contribution in [2.24, 2.45) is 5.92 Å². The first-order valence-electron chi connectivity index (χ1n) is 7.57. The summed E-state index contributed by atoms with van der Waals surface area (Å²) in [6.45, 7) is 7.12. The van der Waals surface area contributed by atoms with Crippen LogP contribution in [0.25, 0.3) is 0 Å². The van der Waals surface area contributed by atoms with Crippen LogP contribution in [-0.4, -0.2) is 42.5 Å². The topological polar surface area (TPSA) is 54.5 Å². The fourth-order valence-electron chi connectivity index (χ4n) is 2.74. The van der Waals surface area contributed by atoms with E-state index in [1.165, 1.54) is 0 Å². The summed E-state index contributed by atoms with van der Waals surface area (Å²) in [7, 11) is 1.66. The van der Waals surface area contributed by atoms with Gasteiger partial charge in [0.2, 0.25) is 11.8 Å². The van der Waals surface area contributed by atoms with Crippen molar-refractivity contribution in [3.8, 4) is 5.88 Å². The summed E-state index contributed by atoms with van der Waals surface area (Å²) >= 11 is 0. The van der Waals surface area contributed by atoms with Gasteiger partial charge < -0.3 is 15.0 Å². The highest BCUT2D eigenvalue weighted by Crippen LogP contribution is 2.18. The zero-order chi connectivity index (χ0) is 15.2. The summed E-state index contributed by atoms with van der Waals surface area (Å²) in [6.07, 6.45) is 2.16. The molecule has 21 heavy (non-hydrogen) atoms. The van der Waals surface area contributed by atoms with Crippen LogP contribution in [0.4, 0.5) is 0 Å². The van der Waals surface area contributed by atoms with Crippen LogP contribution in [0, 0.1) is 12.8 Å². The van der Waals surface area contributed by atoms with E-state index in [0.29, 0.717) is 11.8 Å². The number of carbonyl (C=O) groups excluding carboxylic acids is 1. The second-order valence-corrected chi connectivity index (χ2v) is 5.70. The van der Waals surface area contributed by atoms with Crippen LogP contribution in [0.1, 0.15) is 31.0 Å². The van der Waals surface area contributed by atoms with Crippen molar-refractivity contribution in [2.45, 2.75) is 33.2 Å². The minimum Gasteiger partial charge on any atom is -0.481 e. The van der Waals surface area contributed by atoms with Crippen molar-refractivity contribution >= 4 is 5.91 Å². The number of piperidine rings is 1. The van der Waals surface area contributed by atoms with Crippen LogP contribution in [0.5, 0.6) is 5.88 Å². The van der Waals surface area contributed by atoms with E-state index in [2.05, 4.69) is 16.4 Å². The van der Waals surface area contributed by atoms with E-state index in [1.54, 1.807) is 14.0 Å². The highest BCUT2D eigenvalue weighted by Gasteiger charge is 2.20. The molecule has 2 heterocycles. The molecule has 2 rings (SSSR count). The highest BCUT2D eigenvalue weighted by molar-refractivity contribution is 5.73. The van der Waals surface area contributed by atoms with Crippen molar-refractivity contribution in [3.05, 3.63) is 23.4 Å². The van der Waals surface area contributed by atoms with Gasteiger partial charge in [0.1, 0.15) is 0 Å². The van der Waals surface area contributed by atoms with E-state index in [-0.39, 0.29) is 5.91 Å². The summed E-state index contributed by atoms with van der Waals surface area (Å²) in [5, 5.41) is 3.49. The third-order valence-corrected chi connectivity index (χ3v) is 4.08. The molecule has 5 nitrogen and oxygen atoms in total.